The summed E-state index contributed by atoms with van der Waals surface area (Å²) in [5.41, 5.74) is 6.50. The standard InChI is InChI=1S/C19H27N3O5/c1-5-10-27-19(26)21-16(12(2)3)18(25)22(13(4)17(20)24)15-8-6-14(11-23)7-9-15/h5-9,12-13,16,23H,1,10-11H2,2-4H3,(H2,20,24)(H,21,26)/t13-,16+/m0/s1. The number of nitrogens with two attached hydrogens (primary N) is 1. The second kappa shape index (κ2) is 10.3. The SMILES string of the molecule is C=CCOC(=O)N[C@@H](C(=O)N(c1ccc(CO)cc1)[C@@H](C)C(N)=O)C(C)C. The van der Waals surface area contributed by atoms with Crippen molar-refractivity contribution in [2.45, 2.75) is 39.5 Å². The molecule has 0 aromatic heterocycles. The molecule has 0 aliphatic rings. The molecule has 0 saturated heterocycles. The monoisotopic (exact) mass is 377 g/mol. The van der Waals surface area contributed by atoms with E-state index in [4.69, 9.17) is 10.5 Å². The molecule has 8 heteroatoms. The number of nitrogens with one attached hydrogen (secondary N) is 1. The second-order valence-corrected chi connectivity index (χ2v) is 6.36. The van der Waals surface area contributed by atoms with Crippen molar-refractivity contribution >= 4 is 23.6 Å². The number of hydrogen-bond acceptors (Lipinski definition) is 5. The molecule has 1 rings (SSSR count). The van der Waals surface area contributed by atoms with Crippen molar-refractivity contribution in [2.24, 2.45) is 11.7 Å². The molecule has 0 fully saturated rings. The number of aliphatic hydroxyl groups excluding tert-OH is 1. The van der Waals surface area contributed by atoms with Crippen molar-refractivity contribution in [3.8, 4) is 0 Å². The highest BCUT2D eigenvalue weighted by molar-refractivity contribution is 6.03. The maximum Gasteiger partial charge on any atom is 0.408 e. The number of alkyl carbamates (subject to hydrolysis) is 1. The van der Waals surface area contributed by atoms with E-state index in [1.807, 2.05) is 0 Å². The van der Waals surface area contributed by atoms with Gasteiger partial charge in [0.2, 0.25) is 5.91 Å². The molecule has 2 atom stereocenters. The highest BCUT2D eigenvalue weighted by Crippen LogP contribution is 2.21. The van der Waals surface area contributed by atoms with E-state index < -0.39 is 30.0 Å². The van der Waals surface area contributed by atoms with Gasteiger partial charge in [0, 0.05) is 5.69 Å². The van der Waals surface area contributed by atoms with Gasteiger partial charge in [-0.15, -0.1) is 0 Å². The molecule has 4 N–H and O–H groups in total. The fourth-order valence-electron chi connectivity index (χ4n) is 2.40. The number of carbonyl (C=O) groups excluding carboxylic acids is 3. The van der Waals surface area contributed by atoms with Gasteiger partial charge in [0.1, 0.15) is 18.7 Å². The fourth-order valence-corrected chi connectivity index (χ4v) is 2.40. The lowest BCUT2D eigenvalue weighted by Crippen LogP contribution is -2.56. The van der Waals surface area contributed by atoms with E-state index in [9.17, 15) is 19.5 Å². The first-order valence-corrected chi connectivity index (χ1v) is 8.59. The summed E-state index contributed by atoms with van der Waals surface area (Å²) in [6.07, 6.45) is 0.653. The number of ether oxygens (including phenoxy) is 1. The number of benzene rings is 1. The van der Waals surface area contributed by atoms with E-state index in [0.717, 1.165) is 0 Å². The summed E-state index contributed by atoms with van der Waals surface area (Å²) in [7, 11) is 0. The van der Waals surface area contributed by atoms with Crippen LogP contribution in [0.4, 0.5) is 10.5 Å². The molecule has 0 aliphatic carbocycles. The molecule has 0 bridgehead atoms. The number of rotatable bonds is 9. The largest absolute Gasteiger partial charge is 0.445 e. The smallest absolute Gasteiger partial charge is 0.408 e. The second-order valence-electron chi connectivity index (χ2n) is 6.36. The van der Waals surface area contributed by atoms with Crippen LogP contribution in [0, 0.1) is 5.92 Å². The summed E-state index contributed by atoms with van der Waals surface area (Å²) in [6.45, 7) is 8.35. The number of aliphatic hydroxyl groups is 1. The lowest BCUT2D eigenvalue weighted by atomic mass is 10.0. The molecule has 1 aromatic rings. The lowest BCUT2D eigenvalue weighted by Gasteiger charge is -2.32. The third-order valence-electron chi connectivity index (χ3n) is 3.97. The Balaban J connectivity index is 3.19. The molecule has 3 amide bonds. The Bertz CT molecular complexity index is 672. The van der Waals surface area contributed by atoms with Gasteiger partial charge in [0.25, 0.3) is 5.91 Å². The van der Waals surface area contributed by atoms with E-state index in [0.29, 0.717) is 11.3 Å². The van der Waals surface area contributed by atoms with Crippen molar-refractivity contribution in [2.75, 3.05) is 11.5 Å². The summed E-state index contributed by atoms with van der Waals surface area (Å²) in [4.78, 5) is 38.1. The number of hydrogen-bond donors (Lipinski definition) is 3. The van der Waals surface area contributed by atoms with Gasteiger partial charge in [-0.05, 0) is 30.5 Å². The third kappa shape index (κ3) is 6.10. The number of primary amides is 1. The van der Waals surface area contributed by atoms with Gasteiger partial charge in [-0.3, -0.25) is 14.5 Å². The minimum absolute atomic E-state index is 0.00879. The molecule has 0 spiro atoms. The van der Waals surface area contributed by atoms with Gasteiger partial charge >= 0.3 is 6.09 Å². The van der Waals surface area contributed by atoms with E-state index in [2.05, 4.69) is 11.9 Å². The summed E-state index contributed by atoms with van der Waals surface area (Å²) in [5, 5.41) is 11.7. The Morgan fingerprint density at radius 2 is 1.85 bits per heavy atom. The Morgan fingerprint density at radius 3 is 2.30 bits per heavy atom. The Labute approximate surface area is 159 Å². The van der Waals surface area contributed by atoms with Gasteiger partial charge in [-0.25, -0.2) is 4.79 Å². The van der Waals surface area contributed by atoms with Gasteiger partial charge < -0.3 is 20.9 Å². The van der Waals surface area contributed by atoms with Crippen LogP contribution < -0.4 is 16.0 Å². The molecule has 148 valence electrons. The number of anilines is 1. The zero-order valence-electron chi connectivity index (χ0n) is 15.8. The number of carbonyl (C=O) groups is 3. The van der Waals surface area contributed by atoms with Crippen LogP contribution in [0.3, 0.4) is 0 Å². The molecular weight excluding hydrogens is 350 g/mol. The lowest BCUT2D eigenvalue weighted by molar-refractivity contribution is -0.126. The van der Waals surface area contributed by atoms with Gasteiger partial charge in [-0.2, -0.15) is 0 Å². The van der Waals surface area contributed by atoms with Crippen LogP contribution in [0.1, 0.15) is 26.3 Å². The van der Waals surface area contributed by atoms with Crippen molar-refractivity contribution in [1.29, 1.82) is 0 Å². The summed E-state index contributed by atoms with van der Waals surface area (Å²) in [5.74, 6) is -1.46. The van der Waals surface area contributed by atoms with Gasteiger partial charge in [0.05, 0.1) is 6.61 Å². The van der Waals surface area contributed by atoms with Gasteiger partial charge in [0.15, 0.2) is 0 Å². The Morgan fingerprint density at radius 1 is 1.26 bits per heavy atom. The number of amides is 3. The highest BCUT2D eigenvalue weighted by Gasteiger charge is 2.34. The quantitative estimate of drug-likeness (QED) is 0.560. The normalized spacial score (nSPS) is 12.8. The van der Waals surface area contributed by atoms with E-state index in [1.165, 1.54) is 17.9 Å². The highest BCUT2D eigenvalue weighted by atomic mass is 16.5. The van der Waals surface area contributed by atoms with Crippen LogP contribution in [-0.4, -0.2) is 41.7 Å². The molecule has 0 saturated carbocycles. The summed E-state index contributed by atoms with van der Waals surface area (Å²) in [6, 6.07) is 4.62. The first-order valence-electron chi connectivity index (χ1n) is 8.59. The van der Waals surface area contributed by atoms with Crippen LogP contribution in [0.2, 0.25) is 0 Å². The van der Waals surface area contributed by atoms with Crippen LogP contribution in [-0.2, 0) is 20.9 Å². The van der Waals surface area contributed by atoms with E-state index >= 15 is 0 Å². The molecule has 27 heavy (non-hydrogen) atoms. The predicted molar refractivity (Wildman–Crippen MR) is 102 cm³/mol. The van der Waals surface area contributed by atoms with Crippen LogP contribution in [0.25, 0.3) is 0 Å². The van der Waals surface area contributed by atoms with E-state index in [-0.39, 0.29) is 19.1 Å². The van der Waals surface area contributed by atoms with Crippen molar-refractivity contribution < 1.29 is 24.2 Å². The maximum atomic E-state index is 13.2. The molecule has 0 heterocycles. The molecular formula is C19H27N3O5. The van der Waals surface area contributed by atoms with Crippen molar-refractivity contribution in [3.63, 3.8) is 0 Å². The molecule has 0 unspecified atom stereocenters. The van der Waals surface area contributed by atoms with Crippen molar-refractivity contribution in [1.82, 2.24) is 5.32 Å². The molecule has 8 nitrogen and oxygen atoms in total. The van der Waals surface area contributed by atoms with Crippen LogP contribution in [0.15, 0.2) is 36.9 Å². The maximum absolute atomic E-state index is 13.2. The first-order chi connectivity index (χ1) is 12.7. The average molecular weight is 377 g/mol. The zero-order chi connectivity index (χ0) is 20.6. The molecule has 0 aliphatic heterocycles. The predicted octanol–water partition coefficient (Wildman–Crippen LogP) is 1.32. The van der Waals surface area contributed by atoms with Gasteiger partial charge in [-0.1, -0.05) is 38.6 Å². The Kier molecular flexibility index (Phi) is 8.47. The topological polar surface area (TPSA) is 122 Å². The summed E-state index contributed by atoms with van der Waals surface area (Å²) >= 11 is 0. The minimum Gasteiger partial charge on any atom is -0.445 e. The average Bonchev–Trinajstić information content (AvgIpc) is 2.64. The minimum atomic E-state index is -0.940. The Hall–Kier alpha value is -2.87. The third-order valence-corrected chi connectivity index (χ3v) is 3.97. The number of nitrogens with zero attached hydrogens (tertiary/aromatic N) is 1. The molecule has 1 aromatic carbocycles. The fraction of sp³-hybridized carbons (Fsp3) is 0.421. The first kappa shape index (κ1) is 22.2. The van der Waals surface area contributed by atoms with Crippen molar-refractivity contribution in [3.05, 3.63) is 42.5 Å². The van der Waals surface area contributed by atoms with E-state index in [1.54, 1.807) is 38.1 Å². The summed E-state index contributed by atoms with van der Waals surface area (Å²) < 4.78 is 4.89. The van der Waals surface area contributed by atoms with Crippen LogP contribution >= 0.6 is 0 Å². The van der Waals surface area contributed by atoms with Crippen LogP contribution in [0.5, 0.6) is 0 Å². The zero-order valence-corrected chi connectivity index (χ0v) is 15.8. The molecule has 0 radical (unpaired) electrons.